The summed E-state index contributed by atoms with van der Waals surface area (Å²) in [6, 6.07) is 11.4. The van der Waals surface area contributed by atoms with Crippen molar-refractivity contribution in [2.45, 2.75) is 5.16 Å². The molecule has 0 bridgehead atoms. The molecule has 6 nitrogen and oxygen atoms in total. The van der Waals surface area contributed by atoms with Gasteiger partial charge in [-0.2, -0.15) is 0 Å². The number of hydrogen-bond donors (Lipinski definition) is 1. The van der Waals surface area contributed by atoms with Gasteiger partial charge in [-0.3, -0.25) is 9.36 Å². The molecule has 1 amide bonds. The van der Waals surface area contributed by atoms with Gasteiger partial charge in [0.25, 0.3) is 0 Å². The van der Waals surface area contributed by atoms with Gasteiger partial charge in [0.2, 0.25) is 5.91 Å². The zero-order valence-electron chi connectivity index (χ0n) is 13.6. The molecule has 9 heteroatoms. The number of ether oxygens (including phenoxy) is 1. The smallest absolute Gasteiger partial charge is 0.234 e. The summed E-state index contributed by atoms with van der Waals surface area (Å²) in [4.78, 5) is 12.1. The van der Waals surface area contributed by atoms with E-state index in [1.54, 1.807) is 18.0 Å². The number of rotatable bonds is 6. The van der Waals surface area contributed by atoms with Crippen LogP contribution in [0.25, 0.3) is 5.69 Å². The lowest BCUT2D eigenvalue weighted by atomic mass is 10.3. The molecule has 0 atom stereocenters. The first-order valence-corrected chi connectivity index (χ1v) is 8.85. The summed E-state index contributed by atoms with van der Waals surface area (Å²) in [5, 5.41) is 11.1. The van der Waals surface area contributed by atoms with Crippen molar-refractivity contribution in [3.8, 4) is 11.4 Å². The molecule has 1 heterocycles. The topological polar surface area (TPSA) is 69.0 Å². The Hall–Kier alpha value is -2.58. The van der Waals surface area contributed by atoms with E-state index in [4.69, 9.17) is 16.3 Å². The highest BCUT2D eigenvalue weighted by Crippen LogP contribution is 2.23. The van der Waals surface area contributed by atoms with Crippen LogP contribution in [-0.2, 0) is 4.79 Å². The number of aromatic nitrogens is 3. The molecule has 0 aliphatic heterocycles. The Kier molecular flexibility index (Phi) is 5.75. The second-order valence-electron chi connectivity index (χ2n) is 5.15. The first kappa shape index (κ1) is 18.2. The third kappa shape index (κ3) is 4.33. The minimum absolute atomic E-state index is 0.0466. The molecule has 2 aromatic carbocycles. The van der Waals surface area contributed by atoms with Gasteiger partial charge in [0.15, 0.2) is 5.16 Å². The van der Waals surface area contributed by atoms with Gasteiger partial charge in [0.1, 0.15) is 17.9 Å². The second-order valence-corrected chi connectivity index (χ2v) is 6.50. The first-order chi connectivity index (χ1) is 12.6. The average molecular weight is 393 g/mol. The Morgan fingerprint density at radius 1 is 1.31 bits per heavy atom. The number of amides is 1. The standard InChI is InChI=1S/C17H14ClFN4O2S/c1-25-13-5-3-12(4-6-13)23-10-20-22-17(23)26-9-16(24)21-11-2-7-15(19)14(18)8-11/h2-8,10H,9H2,1H3,(H,21,24). The predicted molar refractivity (Wildman–Crippen MR) is 98.7 cm³/mol. The van der Waals surface area contributed by atoms with Gasteiger partial charge >= 0.3 is 0 Å². The van der Waals surface area contributed by atoms with Crippen LogP contribution in [0.1, 0.15) is 0 Å². The maximum absolute atomic E-state index is 13.1. The largest absolute Gasteiger partial charge is 0.497 e. The van der Waals surface area contributed by atoms with E-state index in [1.807, 2.05) is 24.3 Å². The molecule has 0 aliphatic carbocycles. The molecule has 0 saturated heterocycles. The molecule has 26 heavy (non-hydrogen) atoms. The monoisotopic (exact) mass is 392 g/mol. The van der Waals surface area contributed by atoms with Gasteiger partial charge in [-0.1, -0.05) is 23.4 Å². The van der Waals surface area contributed by atoms with Crippen molar-refractivity contribution >= 4 is 35.0 Å². The van der Waals surface area contributed by atoms with E-state index < -0.39 is 5.82 Å². The summed E-state index contributed by atoms with van der Waals surface area (Å²) in [5.41, 5.74) is 1.28. The van der Waals surface area contributed by atoms with Crippen molar-refractivity contribution in [3.63, 3.8) is 0 Å². The number of carbonyl (C=O) groups is 1. The van der Waals surface area contributed by atoms with E-state index in [1.165, 1.54) is 30.0 Å². The van der Waals surface area contributed by atoms with Gasteiger partial charge in [0, 0.05) is 11.4 Å². The number of methoxy groups -OCH3 is 1. The SMILES string of the molecule is COc1ccc(-n2cnnc2SCC(=O)Nc2ccc(F)c(Cl)c2)cc1. The van der Waals surface area contributed by atoms with E-state index >= 15 is 0 Å². The summed E-state index contributed by atoms with van der Waals surface area (Å²) in [5.74, 6) is 0.0612. The van der Waals surface area contributed by atoms with Gasteiger partial charge in [0.05, 0.1) is 17.9 Å². The number of benzene rings is 2. The second kappa shape index (κ2) is 8.20. The molecule has 0 aliphatic rings. The number of halogens is 2. The normalized spacial score (nSPS) is 10.6. The molecule has 1 aromatic heterocycles. The van der Waals surface area contributed by atoms with Gasteiger partial charge in [-0.25, -0.2) is 4.39 Å². The fourth-order valence-corrected chi connectivity index (χ4v) is 3.05. The molecule has 0 spiro atoms. The van der Waals surface area contributed by atoms with Crippen LogP contribution in [0.2, 0.25) is 5.02 Å². The number of nitrogens with zero attached hydrogens (tertiary/aromatic N) is 3. The Balaban J connectivity index is 1.63. The predicted octanol–water partition coefficient (Wildman–Crippen LogP) is 3.80. The molecule has 0 fully saturated rings. The number of anilines is 1. The molecule has 0 unspecified atom stereocenters. The summed E-state index contributed by atoms with van der Waals surface area (Å²) in [6.07, 6.45) is 1.57. The number of hydrogen-bond acceptors (Lipinski definition) is 5. The quantitative estimate of drug-likeness (QED) is 0.646. The lowest BCUT2D eigenvalue weighted by Gasteiger charge is -2.08. The van der Waals surface area contributed by atoms with Crippen LogP contribution in [0.3, 0.4) is 0 Å². The van der Waals surface area contributed by atoms with Crippen molar-refractivity contribution in [1.82, 2.24) is 14.8 Å². The minimum atomic E-state index is -0.536. The molecule has 3 rings (SSSR count). The van der Waals surface area contributed by atoms with E-state index in [9.17, 15) is 9.18 Å². The summed E-state index contributed by atoms with van der Waals surface area (Å²) in [7, 11) is 1.60. The Labute approximate surface area is 158 Å². The molecule has 0 saturated carbocycles. The van der Waals surface area contributed by atoms with Crippen LogP contribution in [-0.4, -0.2) is 33.5 Å². The maximum atomic E-state index is 13.1. The zero-order chi connectivity index (χ0) is 18.5. The Morgan fingerprint density at radius 3 is 2.77 bits per heavy atom. The summed E-state index contributed by atoms with van der Waals surface area (Å²) in [6.45, 7) is 0. The van der Waals surface area contributed by atoms with E-state index in [-0.39, 0.29) is 16.7 Å². The van der Waals surface area contributed by atoms with Crippen LogP contribution >= 0.6 is 23.4 Å². The Morgan fingerprint density at radius 2 is 2.08 bits per heavy atom. The van der Waals surface area contributed by atoms with Crippen LogP contribution in [0.15, 0.2) is 53.9 Å². The molecular weight excluding hydrogens is 379 g/mol. The van der Waals surface area contributed by atoms with E-state index in [2.05, 4.69) is 15.5 Å². The van der Waals surface area contributed by atoms with Crippen LogP contribution in [0, 0.1) is 5.82 Å². The van der Waals surface area contributed by atoms with Gasteiger partial charge in [-0.15, -0.1) is 10.2 Å². The van der Waals surface area contributed by atoms with E-state index in [0.717, 1.165) is 11.4 Å². The highest BCUT2D eigenvalue weighted by molar-refractivity contribution is 7.99. The highest BCUT2D eigenvalue weighted by atomic mass is 35.5. The third-order valence-electron chi connectivity index (χ3n) is 3.40. The average Bonchev–Trinajstić information content (AvgIpc) is 3.12. The lowest BCUT2D eigenvalue weighted by molar-refractivity contribution is -0.113. The Bertz CT molecular complexity index is 917. The van der Waals surface area contributed by atoms with Gasteiger partial charge < -0.3 is 10.1 Å². The first-order valence-electron chi connectivity index (χ1n) is 7.49. The third-order valence-corrected chi connectivity index (χ3v) is 4.64. The van der Waals surface area contributed by atoms with Crippen LogP contribution in [0.4, 0.5) is 10.1 Å². The highest BCUT2D eigenvalue weighted by Gasteiger charge is 2.11. The fourth-order valence-electron chi connectivity index (χ4n) is 2.14. The van der Waals surface area contributed by atoms with Crippen molar-refractivity contribution in [1.29, 1.82) is 0 Å². The zero-order valence-corrected chi connectivity index (χ0v) is 15.2. The number of thioether (sulfide) groups is 1. The van der Waals surface area contributed by atoms with Crippen molar-refractivity contribution in [3.05, 3.63) is 59.6 Å². The minimum Gasteiger partial charge on any atom is -0.497 e. The lowest BCUT2D eigenvalue weighted by Crippen LogP contribution is -2.14. The molecular formula is C17H14ClFN4O2S. The molecule has 134 valence electrons. The van der Waals surface area contributed by atoms with Crippen LogP contribution < -0.4 is 10.1 Å². The number of nitrogens with one attached hydrogen (secondary N) is 1. The summed E-state index contributed by atoms with van der Waals surface area (Å²) >= 11 is 6.94. The van der Waals surface area contributed by atoms with Gasteiger partial charge in [-0.05, 0) is 42.5 Å². The number of carbonyl (C=O) groups excluding carboxylic acids is 1. The van der Waals surface area contributed by atoms with Crippen molar-refractivity contribution in [2.75, 3.05) is 18.2 Å². The van der Waals surface area contributed by atoms with Crippen molar-refractivity contribution < 1.29 is 13.9 Å². The molecule has 3 aromatic rings. The maximum Gasteiger partial charge on any atom is 0.234 e. The summed E-state index contributed by atoms with van der Waals surface area (Å²) < 4.78 is 20.1. The molecule has 1 N–H and O–H groups in total. The molecule has 0 radical (unpaired) electrons. The van der Waals surface area contributed by atoms with Crippen LogP contribution in [0.5, 0.6) is 5.75 Å². The van der Waals surface area contributed by atoms with Crippen molar-refractivity contribution in [2.24, 2.45) is 0 Å². The van der Waals surface area contributed by atoms with E-state index in [0.29, 0.717) is 10.8 Å². The fraction of sp³-hybridized carbons (Fsp3) is 0.118.